The molecule has 0 aliphatic heterocycles. The summed E-state index contributed by atoms with van der Waals surface area (Å²) in [6, 6.07) is 5.96. The van der Waals surface area contributed by atoms with E-state index in [9.17, 15) is 14.9 Å². The first-order chi connectivity index (χ1) is 11.8. The van der Waals surface area contributed by atoms with Gasteiger partial charge in [0.25, 0.3) is 11.6 Å². The van der Waals surface area contributed by atoms with Crippen LogP contribution in [-0.2, 0) is 0 Å². The van der Waals surface area contributed by atoms with E-state index in [0.29, 0.717) is 0 Å². The molecule has 0 aromatic heterocycles. The number of carbonyl (C=O) groups excluding carboxylic acids is 1. The van der Waals surface area contributed by atoms with Gasteiger partial charge in [-0.25, -0.2) is 0 Å². The average molecular weight is 342 g/mol. The molecule has 0 fully saturated rings. The molecule has 0 bridgehead atoms. The Balaban J connectivity index is 0.00000151. The third-order valence-corrected chi connectivity index (χ3v) is 4.58. The van der Waals surface area contributed by atoms with E-state index < -0.39 is 10.8 Å². The number of anilines is 1. The van der Waals surface area contributed by atoms with Crippen LogP contribution in [0.5, 0.6) is 0 Å². The van der Waals surface area contributed by atoms with Gasteiger partial charge in [-0.2, -0.15) is 0 Å². The SMILES string of the molecule is CC.Cc1c(C)c(C)c(NC(=O)c2ccccc2[N+](=O)[O-])c(C)c1C. The fourth-order valence-corrected chi connectivity index (χ4v) is 2.69. The highest BCUT2D eigenvalue weighted by molar-refractivity contribution is 6.07. The van der Waals surface area contributed by atoms with E-state index in [1.54, 1.807) is 12.1 Å². The first-order valence-electron chi connectivity index (χ1n) is 8.37. The van der Waals surface area contributed by atoms with Gasteiger partial charge in [-0.15, -0.1) is 0 Å². The molecular weight excluding hydrogens is 316 g/mol. The fourth-order valence-electron chi connectivity index (χ4n) is 2.69. The number of nitro groups is 1. The van der Waals surface area contributed by atoms with Gasteiger partial charge in [0.15, 0.2) is 0 Å². The van der Waals surface area contributed by atoms with Crippen LogP contribution >= 0.6 is 0 Å². The van der Waals surface area contributed by atoms with Gasteiger partial charge >= 0.3 is 0 Å². The molecule has 25 heavy (non-hydrogen) atoms. The lowest BCUT2D eigenvalue weighted by atomic mass is 9.93. The second kappa shape index (κ2) is 8.42. The Morgan fingerprint density at radius 1 is 0.880 bits per heavy atom. The number of rotatable bonds is 3. The minimum atomic E-state index is -0.541. The van der Waals surface area contributed by atoms with Crippen molar-refractivity contribution in [1.29, 1.82) is 0 Å². The van der Waals surface area contributed by atoms with Crippen molar-refractivity contribution in [2.24, 2.45) is 0 Å². The highest BCUT2D eigenvalue weighted by atomic mass is 16.6. The number of hydrogen-bond donors (Lipinski definition) is 1. The molecule has 0 unspecified atom stereocenters. The molecular formula is C20H26N2O3. The van der Waals surface area contributed by atoms with E-state index in [1.165, 1.54) is 17.7 Å². The summed E-state index contributed by atoms with van der Waals surface area (Å²) in [7, 11) is 0. The predicted octanol–water partition coefficient (Wildman–Crippen LogP) is 5.42. The van der Waals surface area contributed by atoms with Crippen molar-refractivity contribution in [3.8, 4) is 0 Å². The Hall–Kier alpha value is -2.69. The Morgan fingerprint density at radius 3 is 1.80 bits per heavy atom. The summed E-state index contributed by atoms with van der Waals surface area (Å²) < 4.78 is 0. The Kier molecular flexibility index (Phi) is 6.86. The predicted molar refractivity (Wildman–Crippen MR) is 103 cm³/mol. The van der Waals surface area contributed by atoms with Crippen LogP contribution in [0.2, 0.25) is 0 Å². The zero-order valence-electron chi connectivity index (χ0n) is 16.0. The Morgan fingerprint density at radius 2 is 1.32 bits per heavy atom. The van der Waals surface area contributed by atoms with Gasteiger partial charge in [0, 0.05) is 11.8 Å². The van der Waals surface area contributed by atoms with Gasteiger partial charge in [-0.05, 0) is 68.5 Å². The van der Waals surface area contributed by atoms with Crippen LogP contribution in [0.3, 0.4) is 0 Å². The molecule has 2 aromatic carbocycles. The van der Waals surface area contributed by atoms with Gasteiger partial charge in [0.2, 0.25) is 0 Å². The molecule has 134 valence electrons. The van der Waals surface area contributed by atoms with Gasteiger partial charge in [-0.3, -0.25) is 14.9 Å². The number of nitrogens with one attached hydrogen (secondary N) is 1. The summed E-state index contributed by atoms with van der Waals surface area (Å²) in [5, 5.41) is 13.9. The molecule has 2 rings (SSSR count). The number of benzene rings is 2. The summed E-state index contributed by atoms with van der Waals surface area (Å²) in [4.78, 5) is 23.1. The lowest BCUT2D eigenvalue weighted by Crippen LogP contribution is -2.16. The fraction of sp³-hybridized carbons (Fsp3) is 0.350. The molecule has 0 radical (unpaired) electrons. The largest absolute Gasteiger partial charge is 0.321 e. The molecule has 0 heterocycles. The highest BCUT2D eigenvalue weighted by Crippen LogP contribution is 2.31. The average Bonchev–Trinajstić information content (AvgIpc) is 2.63. The van der Waals surface area contributed by atoms with Crippen LogP contribution in [0.1, 0.15) is 52.0 Å². The zero-order valence-corrected chi connectivity index (χ0v) is 16.0. The minimum absolute atomic E-state index is 0.0622. The number of para-hydroxylation sites is 1. The van der Waals surface area contributed by atoms with Gasteiger partial charge in [0.1, 0.15) is 5.56 Å². The van der Waals surface area contributed by atoms with Crippen LogP contribution < -0.4 is 5.32 Å². The number of nitro benzene ring substituents is 1. The monoisotopic (exact) mass is 342 g/mol. The summed E-state index contributed by atoms with van der Waals surface area (Å²) in [5.74, 6) is -0.467. The van der Waals surface area contributed by atoms with E-state index >= 15 is 0 Å². The van der Waals surface area contributed by atoms with Crippen molar-refractivity contribution in [2.75, 3.05) is 5.32 Å². The quantitative estimate of drug-likeness (QED) is 0.598. The van der Waals surface area contributed by atoms with E-state index in [4.69, 9.17) is 0 Å². The van der Waals surface area contributed by atoms with Crippen molar-refractivity contribution in [3.05, 3.63) is 67.8 Å². The van der Waals surface area contributed by atoms with E-state index in [0.717, 1.165) is 27.9 Å². The number of carbonyl (C=O) groups is 1. The Bertz CT molecular complexity index is 782. The van der Waals surface area contributed by atoms with Gasteiger partial charge in [-0.1, -0.05) is 26.0 Å². The van der Waals surface area contributed by atoms with Crippen molar-refractivity contribution in [1.82, 2.24) is 0 Å². The van der Waals surface area contributed by atoms with Crippen LogP contribution in [-0.4, -0.2) is 10.8 Å². The molecule has 0 aliphatic rings. The number of amides is 1. The van der Waals surface area contributed by atoms with Gasteiger partial charge in [0.05, 0.1) is 4.92 Å². The first-order valence-corrected chi connectivity index (χ1v) is 8.37. The van der Waals surface area contributed by atoms with Crippen molar-refractivity contribution in [2.45, 2.75) is 48.5 Å². The van der Waals surface area contributed by atoms with Crippen molar-refractivity contribution >= 4 is 17.3 Å². The van der Waals surface area contributed by atoms with E-state index in [1.807, 2.05) is 41.5 Å². The van der Waals surface area contributed by atoms with Gasteiger partial charge < -0.3 is 5.32 Å². The molecule has 0 saturated carbocycles. The van der Waals surface area contributed by atoms with Crippen molar-refractivity contribution < 1.29 is 9.72 Å². The van der Waals surface area contributed by atoms with E-state index in [2.05, 4.69) is 12.2 Å². The maximum atomic E-state index is 12.5. The smallest absolute Gasteiger partial charge is 0.282 e. The number of nitrogens with zero attached hydrogens (tertiary/aromatic N) is 1. The summed E-state index contributed by atoms with van der Waals surface area (Å²) >= 11 is 0. The molecule has 0 spiro atoms. The molecule has 0 aliphatic carbocycles. The highest BCUT2D eigenvalue weighted by Gasteiger charge is 2.21. The van der Waals surface area contributed by atoms with Crippen LogP contribution in [0.4, 0.5) is 11.4 Å². The second-order valence-corrected chi connectivity index (χ2v) is 5.73. The summed E-state index contributed by atoms with van der Waals surface area (Å²) in [5.41, 5.74) is 6.00. The van der Waals surface area contributed by atoms with Crippen LogP contribution in [0.15, 0.2) is 24.3 Å². The molecule has 0 atom stereocenters. The molecule has 1 N–H and O–H groups in total. The Labute approximate surface area is 149 Å². The van der Waals surface area contributed by atoms with Crippen LogP contribution in [0.25, 0.3) is 0 Å². The van der Waals surface area contributed by atoms with Crippen molar-refractivity contribution in [3.63, 3.8) is 0 Å². The summed E-state index contributed by atoms with van der Waals surface area (Å²) in [6.45, 7) is 14.0. The van der Waals surface area contributed by atoms with Crippen LogP contribution in [0, 0.1) is 44.7 Å². The lowest BCUT2D eigenvalue weighted by molar-refractivity contribution is -0.385. The standard InChI is InChI=1S/C18H20N2O3.C2H6/c1-10-11(2)13(4)17(14(5)12(10)3)19-18(21)15-8-6-7-9-16(15)20(22)23;1-2/h6-9H,1-5H3,(H,19,21);1-2H3. The maximum absolute atomic E-state index is 12.5. The maximum Gasteiger partial charge on any atom is 0.282 e. The second-order valence-electron chi connectivity index (χ2n) is 5.73. The third-order valence-electron chi connectivity index (χ3n) is 4.58. The molecule has 2 aromatic rings. The molecule has 5 heteroatoms. The zero-order chi connectivity index (χ0) is 19.3. The molecule has 0 saturated heterocycles. The third kappa shape index (κ3) is 4.05. The summed E-state index contributed by atoms with van der Waals surface area (Å²) in [6.07, 6.45) is 0. The minimum Gasteiger partial charge on any atom is -0.321 e. The van der Waals surface area contributed by atoms with E-state index in [-0.39, 0.29) is 11.3 Å². The molecule has 5 nitrogen and oxygen atoms in total. The normalized spacial score (nSPS) is 9.88. The number of hydrogen-bond acceptors (Lipinski definition) is 3. The first kappa shape index (κ1) is 20.4. The lowest BCUT2D eigenvalue weighted by Gasteiger charge is -2.19. The topological polar surface area (TPSA) is 72.2 Å². The molecule has 1 amide bonds.